The number of aromatic nitrogens is 1. The van der Waals surface area contributed by atoms with Gasteiger partial charge in [-0.3, -0.25) is 9.71 Å². The number of sulfonamides is 1. The van der Waals surface area contributed by atoms with Crippen LogP contribution in [0.5, 0.6) is 5.75 Å². The summed E-state index contributed by atoms with van der Waals surface area (Å²) in [6.45, 7) is 1.90. The van der Waals surface area contributed by atoms with Gasteiger partial charge in [-0.15, -0.1) is 0 Å². The molecule has 4 rings (SSSR count). The zero-order valence-electron chi connectivity index (χ0n) is 14.0. The van der Waals surface area contributed by atoms with Gasteiger partial charge in [0, 0.05) is 22.4 Å². The van der Waals surface area contributed by atoms with Gasteiger partial charge in [0.25, 0.3) is 10.0 Å². The summed E-state index contributed by atoms with van der Waals surface area (Å²) in [6.07, 6.45) is 1.67. The number of rotatable bonds is 3. The van der Waals surface area contributed by atoms with Crippen molar-refractivity contribution in [2.45, 2.75) is 11.8 Å². The Labute approximate surface area is 151 Å². The van der Waals surface area contributed by atoms with Crippen LogP contribution in [0.1, 0.15) is 5.56 Å². The molecule has 0 amide bonds. The van der Waals surface area contributed by atoms with E-state index in [1.54, 1.807) is 54.7 Å². The smallest absolute Gasteiger partial charge is 0.261 e. The molecule has 0 aliphatic heterocycles. The maximum absolute atomic E-state index is 12.8. The Bertz CT molecular complexity index is 1230. The van der Waals surface area contributed by atoms with Gasteiger partial charge >= 0.3 is 0 Å². The Kier molecular flexibility index (Phi) is 3.77. The lowest BCUT2D eigenvalue weighted by molar-refractivity contribution is 0.476. The maximum Gasteiger partial charge on any atom is 0.261 e. The molecule has 26 heavy (non-hydrogen) atoms. The molecular formula is C20H16N2O3S. The number of hydrogen-bond donors (Lipinski definition) is 2. The SMILES string of the molecule is Cc1ccc(S(=O)(=O)Nc2cc3cccnc3c3cc(O)ccc23)cc1. The Hall–Kier alpha value is -3.12. The summed E-state index contributed by atoms with van der Waals surface area (Å²) in [5.41, 5.74) is 2.14. The van der Waals surface area contributed by atoms with Crippen LogP contribution in [0, 0.1) is 6.92 Å². The van der Waals surface area contributed by atoms with E-state index in [9.17, 15) is 13.5 Å². The first kappa shape index (κ1) is 16.4. The van der Waals surface area contributed by atoms with E-state index in [-0.39, 0.29) is 10.6 Å². The third-order valence-corrected chi connectivity index (χ3v) is 5.64. The van der Waals surface area contributed by atoms with Crippen LogP contribution in [0.15, 0.2) is 71.8 Å². The molecule has 0 saturated carbocycles. The summed E-state index contributed by atoms with van der Waals surface area (Å²) in [4.78, 5) is 4.56. The van der Waals surface area contributed by atoms with Crippen molar-refractivity contribution in [1.29, 1.82) is 0 Å². The van der Waals surface area contributed by atoms with E-state index >= 15 is 0 Å². The van der Waals surface area contributed by atoms with Crippen molar-refractivity contribution in [3.8, 4) is 5.75 Å². The molecule has 0 saturated heterocycles. The molecule has 6 heteroatoms. The number of phenolic OH excluding ortho intramolecular Hbond substituents is 1. The highest BCUT2D eigenvalue weighted by molar-refractivity contribution is 7.92. The van der Waals surface area contributed by atoms with Gasteiger partial charge in [0.2, 0.25) is 0 Å². The Balaban J connectivity index is 1.91. The highest BCUT2D eigenvalue weighted by atomic mass is 32.2. The first-order valence-corrected chi connectivity index (χ1v) is 9.52. The predicted molar refractivity (Wildman–Crippen MR) is 103 cm³/mol. The van der Waals surface area contributed by atoms with Crippen LogP contribution in [0.2, 0.25) is 0 Å². The number of phenols is 1. The molecule has 130 valence electrons. The molecule has 5 nitrogen and oxygen atoms in total. The topological polar surface area (TPSA) is 79.3 Å². The minimum Gasteiger partial charge on any atom is -0.508 e. The first-order valence-electron chi connectivity index (χ1n) is 8.04. The number of nitrogens with one attached hydrogen (secondary N) is 1. The molecule has 1 heterocycles. The summed E-state index contributed by atoms with van der Waals surface area (Å²) in [6, 6.07) is 16.9. The van der Waals surface area contributed by atoms with Crippen molar-refractivity contribution in [1.82, 2.24) is 4.98 Å². The molecule has 0 unspecified atom stereocenters. The number of nitrogens with zero attached hydrogens (tertiary/aromatic N) is 1. The fourth-order valence-corrected chi connectivity index (χ4v) is 4.03. The van der Waals surface area contributed by atoms with Gasteiger partial charge in [0.1, 0.15) is 5.75 Å². The number of anilines is 1. The maximum atomic E-state index is 12.8. The lowest BCUT2D eigenvalue weighted by atomic mass is 10.0. The van der Waals surface area contributed by atoms with Gasteiger partial charge in [-0.05, 0) is 49.4 Å². The number of fused-ring (bicyclic) bond motifs is 3. The van der Waals surface area contributed by atoms with Crippen molar-refractivity contribution >= 4 is 37.4 Å². The Morgan fingerprint density at radius 2 is 1.73 bits per heavy atom. The molecular weight excluding hydrogens is 348 g/mol. The zero-order valence-corrected chi connectivity index (χ0v) is 14.8. The second kappa shape index (κ2) is 6.00. The van der Waals surface area contributed by atoms with Crippen molar-refractivity contribution in [3.63, 3.8) is 0 Å². The summed E-state index contributed by atoms with van der Waals surface area (Å²) in [5.74, 6) is 0.1000. The molecule has 0 aliphatic rings. The van der Waals surface area contributed by atoms with Crippen molar-refractivity contribution in [3.05, 3.63) is 72.4 Å². The van der Waals surface area contributed by atoms with E-state index in [1.807, 2.05) is 13.0 Å². The molecule has 0 fully saturated rings. The predicted octanol–water partition coefficient (Wildman–Crippen LogP) is 4.20. The number of aryl methyl sites for hydroxylation is 1. The summed E-state index contributed by atoms with van der Waals surface area (Å²) >= 11 is 0. The lowest BCUT2D eigenvalue weighted by Gasteiger charge is -2.13. The van der Waals surface area contributed by atoms with Crippen LogP contribution < -0.4 is 4.72 Å². The second-order valence-corrected chi connectivity index (χ2v) is 7.83. The van der Waals surface area contributed by atoms with Gasteiger partial charge in [-0.2, -0.15) is 0 Å². The zero-order chi connectivity index (χ0) is 18.3. The van der Waals surface area contributed by atoms with Gasteiger partial charge in [-0.25, -0.2) is 8.42 Å². The quantitative estimate of drug-likeness (QED) is 0.534. The highest BCUT2D eigenvalue weighted by Crippen LogP contribution is 2.34. The monoisotopic (exact) mass is 364 g/mol. The fourth-order valence-electron chi connectivity index (χ4n) is 2.96. The molecule has 1 aromatic heterocycles. The highest BCUT2D eigenvalue weighted by Gasteiger charge is 2.17. The standard InChI is InChI=1S/C20H16N2O3S/c1-13-4-7-16(8-5-13)26(24,25)22-19-11-14-3-2-10-21-20(14)18-12-15(23)6-9-17(18)19/h2-12,22-23H,1H3. The molecule has 0 aliphatic carbocycles. The van der Waals surface area contributed by atoms with Crippen LogP contribution in [0.4, 0.5) is 5.69 Å². The van der Waals surface area contributed by atoms with Gasteiger partial charge in [-0.1, -0.05) is 23.8 Å². The van der Waals surface area contributed by atoms with Gasteiger partial charge in [0.05, 0.1) is 16.1 Å². The normalized spacial score (nSPS) is 11.7. The molecule has 3 aromatic carbocycles. The van der Waals surface area contributed by atoms with Crippen LogP contribution in [-0.2, 0) is 10.0 Å². The van der Waals surface area contributed by atoms with E-state index in [2.05, 4.69) is 9.71 Å². The van der Waals surface area contributed by atoms with Crippen molar-refractivity contribution in [2.75, 3.05) is 4.72 Å². The Morgan fingerprint density at radius 1 is 0.962 bits per heavy atom. The average molecular weight is 364 g/mol. The minimum absolute atomic E-state index is 0.1000. The van der Waals surface area contributed by atoms with E-state index < -0.39 is 10.0 Å². The van der Waals surface area contributed by atoms with Crippen LogP contribution >= 0.6 is 0 Å². The summed E-state index contributed by atoms with van der Waals surface area (Å²) in [7, 11) is -3.73. The molecule has 0 radical (unpaired) electrons. The van der Waals surface area contributed by atoms with Crippen molar-refractivity contribution in [2.24, 2.45) is 0 Å². The fraction of sp³-hybridized carbons (Fsp3) is 0.0500. The van der Waals surface area contributed by atoms with Crippen molar-refractivity contribution < 1.29 is 13.5 Å². The molecule has 0 spiro atoms. The van der Waals surface area contributed by atoms with E-state index in [0.29, 0.717) is 22.0 Å². The lowest BCUT2D eigenvalue weighted by Crippen LogP contribution is -2.13. The van der Waals surface area contributed by atoms with Gasteiger partial charge < -0.3 is 5.11 Å². The average Bonchev–Trinajstić information content (AvgIpc) is 2.62. The first-order chi connectivity index (χ1) is 12.4. The molecule has 0 bridgehead atoms. The number of aromatic hydroxyl groups is 1. The summed E-state index contributed by atoms with van der Waals surface area (Å²) < 4.78 is 28.2. The van der Waals surface area contributed by atoms with Crippen LogP contribution in [-0.4, -0.2) is 18.5 Å². The summed E-state index contributed by atoms with van der Waals surface area (Å²) in [5, 5.41) is 12.0. The third-order valence-electron chi connectivity index (χ3n) is 4.26. The Morgan fingerprint density at radius 3 is 2.50 bits per heavy atom. The molecule has 0 atom stereocenters. The van der Waals surface area contributed by atoms with Crippen LogP contribution in [0.25, 0.3) is 21.7 Å². The largest absolute Gasteiger partial charge is 0.508 e. The minimum atomic E-state index is -3.73. The van der Waals surface area contributed by atoms with E-state index in [4.69, 9.17) is 0 Å². The molecule has 4 aromatic rings. The van der Waals surface area contributed by atoms with Crippen LogP contribution in [0.3, 0.4) is 0 Å². The molecule has 2 N–H and O–H groups in total. The second-order valence-electron chi connectivity index (χ2n) is 6.15. The van der Waals surface area contributed by atoms with E-state index in [1.165, 1.54) is 6.07 Å². The third kappa shape index (κ3) is 2.84. The van der Waals surface area contributed by atoms with Gasteiger partial charge in [0.15, 0.2) is 0 Å². The number of pyridine rings is 1. The van der Waals surface area contributed by atoms with E-state index in [0.717, 1.165) is 10.9 Å². The number of hydrogen-bond acceptors (Lipinski definition) is 4. The number of benzene rings is 3.